The molecule has 0 aliphatic heterocycles. The highest BCUT2D eigenvalue weighted by molar-refractivity contribution is 14.1. The molecule has 8 heteroatoms. The van der Waals surface area contributed by atoms with Crippen LogP contribution < -0.4 is 10.5 Å². The zero-order valence-electron chi connectivity index (χ0n) is 8.28. The standard InChI is InChI=1S/C8H9FIN3O3/c1-16-5-3(2-4(11)8(14)15)7(10)13-12-6(5)9/h4H,2,11H2,1H3,(H,14,15). The van der Waals surface area contributed by atoms with Gasteiger partial charge in [-0.25, -0.2) is 0 Å². The maximum absolute atomic E-state index is 13.2. The first kappa shape index (κ1) is 13.0. The summed E-state index contributed by atoms with van der Waals surface area (Å²) >= 11 is 1.81. The molecule has 0 aliphatic carbocycles. The Kier molecular flexibility index (Phi) is 4.35. The van der Waals surface area contributed by atoms with E-state index in [2.05, 4.69) is 10.2 Å². The van der Waals surface area contributed by atoms with E-state index >= 15 is 0 Å². The molecule has 0 bridgehead atoms. The van der Waals surface area contributed by atoms with Crippen molar-refractivity contribution < 1.29 is 19.0 Å². The molecule has 3 N–H and O–H groups in total. The minimum Gasteiger partial charge on any atom is -0.492 e. The lowest BCUT2D eigenvalue weighted by Gasteiger charge is -2.11. The van der Waals surface area contributed by atoms with Crippen LogP contribution in [0.15, 0.2) is 0 Å². The summed E-state index contributed by atoms with van der Waals surface area (Å²) in [6.45, 7) is 0. The molecular weight excluding hydrogens is 332 g/mol. The summed E-state index contributed by atoms with van der Waals surface area (Å²) in [5.41, 5.74) is 5.67. The number of aliphatic carboxylic acids is 1. The molecule has 0 fully saturated rings. The van der Waals surface area contributed by atoms with Crippen molar-refractivity contribution in [3.8, 4) is 5.75 Å². The number of nitrogens with two attached hydrogens (primary N) is 1. The van der Waals surface area contributed by atoms with E-state index in [-0.39, 0.29) is 12.2 Å². The van der Waals surface area contributed by atoms with Gasteiger partial charge in [-0.2, -0.15) is 4.39 Å². The maximum Gasteiger partial charge on any atom is 0.320 e. The fourth-order valence-corrected chi connectivity index (χ4v) is 1.68. The SMILES string of the molecule is COc1c(F)nnc(I)c1CC(N)C(=O)O. The molecule has 0 spiro atoms. The number of nitrogens with zero attached hydrogens (tertiary/aromatic N) is 2. The van der Waals surface area contributed by atoms with Crippen molar-refractivity contribution >= 4 is 28.6 Å². The molecule has 1 rings (SSSR count). The van der Waals surface area contributed by atoms with Crippen molar-refractivity contribution in [3.63, 3.8) is 0 Å². The molecule has 0 saturated carbocycles. The summed E-state index contributed by atoms with van der Waals surface area (Å²) in [4.78, 5) is 10.6. The fraction of sp³-hybridized carbons (Fsp3) is 0.375. The minimum atomic E-state index is -1.17. The van der Waals surface area contributed by atoms with Crippen molar-refractivity contribution in [3.05, 3.63) is 15.2 Å². The third-order valence-corrected chi connectivity index (χ3v) is 2.75. The first-order valence-electron chi connectivity index (χ1n) is 4.20. The highest BCUT2D eigenvalue weighted by Gasteiger charge is 2.21. The first-order chi connectivity index (χ1) is 7.47. The van der Waals surface area contributed by atoms with Crippen molar-refractivity contribution in [2.45, 2.75) is 12.5 Å². The van der Waals surface area contributed by atoms with Gasteiger partial charge in [0.15, 0.2) is 5.75 Å². The third-order valence-electron chi connectivity index (χ3n) is 1.88. The third kappa shape index (κ3) is 2.76. The number of carbonyl (C=O) groups is 1. The van der Waals surface area contributed by atoms with Gasteiger partial charge in [-0.15, -0.1) is 10.2 Å². The van der Waals surface area contributed by atoms with E-state index in [1.54, 1.807) is 0 Å². The van der Waals surface area contributed by atoms with Gasteiger partial charge in [0.1, 0.15) is 9.74 Å². The average molecular weight is 341 g/mol. The second-order valence-electron chi connectivity index (χ2n) is 2.94. The lowest BCUT2D eigenvalue weighted by molar-refractivity contribution is -0.138. The summed E-state index contributed by atoms with van der Waals surface area (Å²) in [5.74, 6) is -2.17. The lowest BCUT2D eigenvalue weighted by Crippen LogP contribution is -2.33. The van der Waals surface area contributed by atoms with Crippen LogP contribution in [0.2, 0.25) is 0 Å². The lowest BCUT2D eigenvalue weighted by atomic mass is 10.1. The van der Waals surface area contributed by atoms with E-state index in [1.165, 1.54) is 7.11 Å². The zero-order chi connectivity index (χ0) is 12.3. The Morgan fingerprint density at radius 2 is 2.31 bits per heavy atom. The van der Waals surface area contributed by atoms with E-state index in [9.17, 15) is 9.18 Å². The Bertz CT molecular complexity index is 416. The number of carboxylic acid groups (broad SMARTS) is 1. The molecule has 1 unspecified atom stereocenters. The number of methoxy groups -OCH3 is 1. The van der Waals surface area contributed by atoms with Gasteiger partial charge in [-0.05, 0) is 22.6 Å². The van der Waals surface area contributed by atoms with Crippen LogP contribution in [0.5, 0.6) is 5.75 Å². The zero-order valence-corrected chi connectivity index (χ0v) is 10.4. The smallest absolute Gasteiger partial charge is 0.320 e. The molecule has 16 heavy (non-hydrogen) atoms. The van der Waals surface area contributed by atoms with Gasteiger partial charge in [0.05, 0.1) is 7.11 Å². The van der Waals surface area contributed by atoms with Crippen molar-refractivity contribution in [2.24, 2.45) is 5.73 Å². The van der Waals surface area contributed by atoms with Gasteiger partial charge < -0.3 is 15.6 Å². The monoisotopic (exact) mass is 341 g/mol. The van der Waals surface area contributed by atoms with Gasteiger partial charge in [0.25, 0.3) is 5.95 Å². The normalized spacial score (nSPS) is 12.2. The number of hydrogen-bond donors (Lipinski definition) is 2. The summed E-state index contributed by atoms with van der Waals surface area (Å²) in [7, 11) is 1.27. The summed E-state index contributed by atoms with van der Waals surface area (Å²) in [6.07, 6.45) is -0.0662. The van der Waals surface area contributed by atoms with Crippen LogP contribution in [-0.2, 0) is 11.2 Å². The molecule has 6 nitrogen and oxygen atoms in total. The van der Waals surface area contributed by atoms with Gasteiger partial charge in [0, 0.05) is 12.0 Å². The van der Waals surface area contributed by atoms with Crippen LogP contribution in [0.25, 0.3) is 0 Å². The minimum absolute atomic E-state index is 0.0662. The molecule has 1 atom stereocenters. The molecule has 0 amide bonds. The molecule has 1 aromatic heterocycles. The summed E-state index contributed by atoms with van der Waals surface area (Å²) < 4.78 is 18.4. The van der Waals surface area contributed by atoms with Crippen LogP contribution in [0.1, 0.15) is 5.56 Å². The molecule has 0 aliphatic rings. The van der Waals surface area contributed by atoms with Crippen molar-refractivity contribution in [1.29, 1.82) is 0 Å². The second-order valence-corrected chi connectivity index (χ2v) is 3.96. The molecule has 0 aromatic carbocycles. The van der Waals surface area contributed by atoms with Crippen LogP contribution in [0, 0.1) is 9.65 Å². The summed E-state index contributed by atoms with van der Waals surface area (Å²) in [5, 5.41) is 15.4. The van der Waals surface area contributed by atoms with Gasteiger partial charge in [-0.3, -0.25) is 4.79 Å². The number of halogens is 2. The average Bonchev–Trinajstić information content (AvgIpc) is 2.23. The molecule has 1 heterocycles. The van der Waals surface area contributed by atoms with Crippen LogP contribution in [-0.4, -0.2) is 34.4 Å². The Labute approximate surface area is 104 Å². The Morgan fingerprint density at radius 3 is 2.81 bits per heavy atom. The molecule has 1 aromatic rings. The number of rotatable bonds is 4. The Balaban J connectivity index is 3.11. The van der Waals surface area contributed by atoms with Gasteiger partial charge >= 0.3 is 5.97 Å². The first-order valence-corrected chi connectivity index (χ1v) is 5.28. The van der Waals surface area contributed by atoms with Crippen LogP contribution >= 0.6 is 22.6 Å². The Hall–Kier alpha value is -1.03. The number of ether oxygens (including phenoxy) is 1. The highest BCUT2D eigenvalue weighted by atomic mass is 127. The largest absolute Gasteiger partial charge is 0.492 e. The molecule has 0 saturated heterocycles. The van der Waals surface area contributed by atoms with E-state index < -0.39 is 18.0 Å². The highest BCUT2D eigenvalue weighted by Crippen LogP contribution is 2.24. The molecule has 88 valence electrons. The van der Waals surface area contributed by atoms with Gasteiger partial charge in [-0.1, -0.05) is 0 Å². The van der Waals surface area contributed by atoms with Crippen molar-refractivity contribution in [2.75, 3.05) is 7.11 Å². The van der Waals surface area contributed by atoms with E-state index in [0.29, 0.717) is 9.26 Å². The van der Waals surface area contributed by atoms with Crippen LogP contribution in [0.4, 0.5) is 4.39 Å². The number of aromatic nitrogens is 2. The molecule has 0 radical (unpaired) electrons. The number of hydrogen-bond acceptors (Lipinski definition) is 5. The maximum atomic E-state index is 13.2. The second kappa shape index (κ2) is 5.34. The summed E-state index contributed by atoms with van der Waals surface area (Å²) in [6, 6.07) is -1.13. The van der Waals surface area contributed by atoms with Gasteiger partial charge in [0.2, 0.25) is 0 Å². The Morgan fingerprint density at radius 1 is 1.69 bits per heavy atom. The van der Waals surface area contributed by atoms with Crippen molar-refractivity contribution in [1.82, 2.24) is 10.2 Å². The molecular formula is C8H9FIN3O3. The van der Waals surface area contributed by atoms with E-state index in [0.717, 1.165) is 0 Å². The quantitative estimate of drug-likeness (QED) is 0.759. The predicted molar refractivity (Wildman–Crippen MR) is 60.6 cm³/mol. The van der Waals surface area contributed by atoms with E-state index in [4.69, 9.17) is 15.6 Å². The van der Waals surface area contributed by atoms with E-state index in [1.807, 2.05) is 22.6 Å². The predicted octanol–water partition coefficient (Wildman–Crippen LogP) is 0.183. The van der Waals surface area contributed by atoms with Crippen LogP contribution in [0.3, 0.4) is 0 Å². The fourth-order valence-electron chi connectivity index (χ4n) is 1.10. The topological polar surface area (TPSA) is 98.3 Å². The number of carboxylic acids is 1.